The van der Waals surface area contributed by atoms with Crippen LogP contribution in [0.25, 0.3) is 0 Å². The first-order valence-corrected chi connectivity index (χ1v) is 8.61. The van der Waals surface area contributed by atoms with Crippen LogP contribution in [0.5, 0.6) is 11.5 Å². The zero-order valence-electron chi connectivity index (χ0n) is 14.4. The number of furan rings is 1. The summed E-state index contributed by atoms with van der Waals surface area (Å²) >= 11 is 0. The normalized spacial score (nSPS) is 16.4. The fourth-order valence-corrected chi connectivity index (χ4v) is 3.24. The van der Waals surface area contributed by atoms with Gasteiger partial charge >= 0.3 is 0 Å². The Kier molecular flexibility index (Phi) is 5.60. The van der Waals surface area contributed by atoms with E-state index in [1.165, 1.54) is 19.6 Å². The molecule has 0 spiro atoms. The fraction of sp³-hybridized carbons (Fsp3) is 0.421. The highest BCUT2D eigenvalue weighted by Gasteiger charge is 2.25. The molecule has 0 bridgehead atoms. The average Bonchev–Trinajstić information content (AvgIpc) is 3.17. The molecule has 1 atom stereocenters. The van der Waals surface area contributed by atoms with Gasteiger partial charge < -0.3 is 19.6 Å². The highest BCUT2D eigenvalue weighted by Crippen LogP contribution is 2.26. The van der Waals surface area contributed by atoms with Gasteiger partial charge in [-0.25, -0.2) is 0 Å². The predicted molar refractivity (Wildman–Crippen MR) is 93.9 cm³/mol. The summed E-state index contributed by atoms with van der Waals surface area (Å²) in [6, 6.07) is 8.46. The predicted octanol–water partition coefficient (Wildman–Crippen LogP) is 2.95. The number of carbonyl (C=O) groups is 1. The van der Waals surface area contributed by atoms with Crippen LogP contribution in [0.2, 0.25) is 0 Å². The van der Waals surface area contributed by atoms with Crippen molar-refractivity contribution < 1.29 is 19.1 Å². The third-order valence-electron chi connectivity index (χ3n) is 4.61. The van der Waals surface area contributed by atoms with Crippen molar-refractivity contribution in [1.82, 2.24) is 10.2 Å². The molecule has 1 aliphatic heterocycles. The first-order valence-electron chi connectivity index (χ1n) is 8.61. The number of benzene rings is 1. The zero-order valence-corrected chi connectivity index (χ0v) is 14.4. The molecule has 1 aliphatic rings. The highest BCUT2D eigenvalue weighted by atomic mass is 16.5. The van der Waals surface area contributed by atoms with Crippen LogP contribution in [-0.4, -0.2) is 42.7 Å². The number of amides is 1. The fourth-order valence-electron chi connectivity index (χ4n) is 3.24. The van der Waals surface area contributed by atoms with E-state index in [4.69, 9.17) is 9.15 Å². The molecular formula is C19H24N2O4. The van der Waals surface area contributed by atoms with E-state index in [-0.39, 0.29) is 23.3 Å². The van der Waals surface area contributed by atoms with Crippen LogP contribution in [0.4, 0.5) is 0 Å². The molecule has 1 saturated heterocycles. The number of phenolic OH excluding ortho intramolecular Hbond substituents is 1. The number of ether oxygens (including phenoxy) is 1. The molecule has 1 unspecified atom stereocenters. The smallest absolute Gasteiger partial charge is 0.255 e. The second kappa shape index (κ2) is 8.07. The first-order chi connectivity index (χ1) is 12.2. The van der Waals surface area contributed by atoms with E-state index in [9.17, 15) is 9.90 Å². The van der Waals surface area contributed by atoms with E-state index >= 15 is 0 Å². The van der Waals surface area contributed by atoms with E-state index in [1.807, 2.05) is 12.1 Å². The SMILES string of the molecule is COc1ccc(C(=O)NCC(c2ccco2)N2CCCCC2)c(O)c1. The van der Waals surface area contributed by atoms with Gasteiger partial charge in [-0.15, -0.1) is 0 Å². The Morgan fingerprint density at radius 1 is 1.32 bits per heavy atom. The summed E-state index contributed by atoms with van der Waals surface area (Å²) in [6.45, 7) is 2.42. The van der Waals surface area contributed by atoms with Crippen molar-refractivity contribution in [1.29, 1.82) is 0 Å². The first kappa shape index (κ1) is 17.4. The summed E-state index contributed by atoms with van der Waals surface area (Å²) in [5, 5.41) is 12.9. The van der Waals surface area contributed by atoms with Crippen molar-refractivity contribution in [3.63, 3.8) is 0 Å². The van der Waals surface area contributed by atoms with Gasteiger partial charge in [0.2, 0.25) is 0 Å². The molecule has 0 radical (unpaired) electrons. The molecule has 6 nitrogen and oxygen atoms in total. The summed E-state index contributed by atoms with van der Waals surface area (Å²) in [5.74, 6) is 0.954. The topological polar surface area (TPSA) is 74.9 Å². The van der Waals surface area contributed by atoms with Crippen LogP contribution < -0.4 is 10.1 Å². The number of hydrogen-bond acceptors (Lipinski definition) is 5. The van der Waals surface area contributed by atoms with Crippen LogP contribution in [-0.2, 0) is 0 Å². The molecule has 0 saturated carbocycles. The number of methoxy groups -OCH3 is 1. The number of rotatable bonds is 6. The third kappa shape index (κ3) is 4.14. The lowest BCUT2D eigenvalue weighted by atomic mass is 10.1. The van der Waals surface area contributed by atoms with Gasteiger partial charge in [0, 0.05) is 12.6 Å². The quantitative estimate of drug-likeness (QED) is 0.843. The summed E-state index contributed by atoms with van der Waals surface area (Å²) in [6.07, 6.45) is 5.21. The average molecular weight is 344 g/mol. The lowest BCUT2D eigenvalue weighted by molar-refractivity contribution is 0.0911. The molecule has 2 aromatic rings. The molecule has 1 aromatic carbocycles. The number of aromatic hydroxyl groups is 1. The largest absolute Gasteiger partial charge is 0.507 e. The minimum Gasteiger partial charge on any atom is -0.507 e. The molecule has 1 amide bonds. The number of nitrogens with zero attached hydrogens (tertiary/aromatic N) is 1. The van der Waals surface area contributed by atoms with E-state index in [2.05, 4.69) is 10.2 Å². The Hall–Kier alpha value is -2.47. The minimum absolute atomic E-state index is 0.000332. The van der Waals surface area contributed by atoms with Gasteiger partial charge in [0.05, 0.1) is 25.0 Å². The summed E-state index contributed by atoms with van der Waals surface area (Å²) in [4.78, 5) is 14.8. The van der Waals surface area contributed by atoms with Crippen LogP contribution in [0, 0.1) is 0 Å². The minimum atomic E-state index is -0.311. The number of phenols is 1. The lowest BCUT2D eigenvalue weighted by Gasteiger charge is -2.33. The van der Waals surface area contributed by atoms with Crippen molar-refractivity contribution in [3.8, 4) is 11.5 Å². The number of likely N-dealkylation sites (tertiary alicyclic amines) is 1. The number of hydrogen-bond donors (Lipinski definition) is 2. The lowest BCUT2D eigenvalue weighted by Crippen LogP contribution is -2.40. The van der Waals surface area contributed by atoms with E-state index in [0.717, 1.165) is 31.7 Å². The molecule has 2 N–H and O–H groups in total. The van der Waals surface area contributed by atoms with Crippen LogP contribution in [0.15, 0.2) is 41.0 Å². The molecule has 1 fully saturated rings. The molecule has 2 heterocycles. The Balaban J connectivity index is 1.69. The summed E-state index contributed by atoms with van der Waals surface area (Å²) in [7, 11) is 1.51. The van der Waals surface area contributed by atoms with Crippen molar-refractivity contribution in [2.24, 2.45) is 0 Å². The Morgan fingerprint density at radius 3 is 2.76 bits per heavy atom. The van der Waals surface area contributed by atoms with Crippen LogP contribution >= 0.6 is 0 Å². The third-order valence-corrected chi connectivity index (χ3v) is 4.61. The van der Waals surface area contributed by atoms with Gasteiger partial charge in [-0.2, -0.15) is 0 Å². The molecule has 3 rings (SSSR count). The molecule has 1 aromatic heterocycles. The van der Waals surface area contributed by atoms with E-state index in [0.29, 0.717) is 12.3 Å². The van der Waals surface area contributed by atoms with Crippen molar-refractivity contribution in [2.75, 3.05) is 26.7 Å². The number of piperidine rings is 1. The Morgan fingerprint density at radius 2 is 2.12 bits per heavy atom. The number of carbonyl (C=O) groups excluding carboxylic acids is 1. The van der Waals surface area contributed by atoms with Gasteiger partial charge in [0.25, 0.3) is 5.91 Å². The van der Waals surface area contributed by atoms with Gasteiger partial charge in [0.15, 0.2) is 0 Å². The Labute approximate surface area is 147 Å². The van der Waals surface area contributed by atoms with Gasteiger partial charge in [0.1, 0.15) is 17.3 Å². The summed E-state index contributed by atoms with van der Waals surface area (Å²) < 4.78 is 10.6. The second-order valence-corrected chi connectivity index (χ2v) is 6.22. The van der Waals surface area contributed by atoms with Crippen LogP contribution in [0.1, 0.15) is 41.4 Å². The van der Waals surface area contributed by atoms with E-state index in [1.54, 1.807) is 18.4 Å². The standard InChI is InChI=1S/C19H24N2O4/c1-24-14-7-8-15(17(22)12-14)19(23)20-13-16(18-6-5-11-25-18)21-9-3-2-4-10-21/h5-8,11-12,16,22H,2-4,9-10,13H2,1H3,(H,20,23). The van der Waals surface area contributed by atoms with Crippen molar-refractivity contribution >= 4 is 5.91 Å². The molecule has 0 aliphatic carbocycles. The Bertz CT molecular complexity index is 693. The maximum atomic E-state index is 12.5. The zero-order chi connectivity index (χ0) is 17.6. The highest BCUT2D eigenvalue weighted by molar-refractivity contribution is 5.97. The molecular weight excluding hydrogens is 320 g/mol. The van der Waals surface area contributed by atoms with Crippen LogP contribution in [0.3, 0.4) is 0 Å². The van der Waals surface area contributed by atoms with Gasteiger partial charge in [-0.1, -0.05) is 6.42 Å². The maximum absolute atomic E-state index is 12.5. The monoisotopic (exact) mass is 344 g/mol. The van der Waals surface area contributed by atoms with Crippen molar-refractivity contribution in [2.45, 2.75) is 25.3 Å². The van der Waals surface area contributed by atoms with Gasteiger partial charge in [-0.3, -0.25) is 9.69 Å². The van der Waals surface area contributed by atoms with E-state index < -0.39 is 0 Å². The molecule has 6 heteroatoms. The second-order valence-electron chi connectivity index (χ2n) is 6.22. The van der Waals surface area contributed by atoms with Crippen molar-refractivity contribution in [3.05, 3.63) is 47.9 Å². The maximum Gasteiger partial charge on any atom is 0.255 e. The summed E-state index contributed by atoms with van der Waals surface area (Å²) in [5.41, 5.74) is 0.234. The molecule has 25 heavy (non-hydrogen) atoms. The van der Waals surface area contributed by atoms with Gasteiger partial charge in [-0.05, 0) is 50.2 Å². The molecule has 134 valence electrons. The number of nitrogens with one attached hydrogen (secondary N) is 1.